The third-order valence-corrected chi connectivity index (χ3v) is 4.34. The van der Waals surface area contributed by atoms with Crippen LogP contribution in [0.1, 0.15) is 32.6 Å². The summed E-state index contributed by atoms with van der Waals surface area (Å²) in [5.41, 5.74) is 0. The van der Waals surface area contributed by atoms with Gasteiger partial charge >= 0.3 is 0 Å². The molecule has 4 heteroatoms. The Hall–Kier alpha value is -0.160. The van der Waals surface area contributed by atoms with E-state index in [-0.39, 0.29) is 0 Å². The predicted octanol–water partition coefficient (Wildman–Crippen LogP) is 1.17. The number of hydrogen-bond donors (Lipinski definition) is 1. The van der Waals surface area contributed by atoms with Crippen LogP contribution in [-0.4, -0.2) is 74.9 Å². The lowest BCUT2D eigenvalue weighted by atomic mass is 10.1. The van der Waals surface area contributed by atoms with Crippen LogP contribution in [0.2, 0.25) is 0 Å². The molecule has 19 heavy (non-hydrogen) atoms. The van der Waals surface area contributed by atoms with Gasteiger partial charge in [0.25, 0.3) is 0 Å². The van der Waals surface area contributed by atoms with E-state index in [1.807, 2.05) is 0 Å². The maximum absolute atomic E-state index is 5.82. The third-order valence-electron chi connectivity index (χ3n) is 4.34. The maximum atomic E-state index is 5.82. The highest BCUT2D eigenvalue weighted by Gasteiger charge is 2.20. The second-order valence-electron chi connectivity index (χ2n) is 6.13. The Morgan fingerprint density at radius 3 is 2.89 bits per heavy atom. The zero-order valence-electron chi connectivity index (χ0n) is 12.7. The molecule has 0 radical (unpaired) electrons. The molecule has 0 spiro atoms. The van der Waals surface area contributed by atoms with E-state index in [1.165, 1.54) is 45.3 Å². The van der Waals surface area contributed by atoms with Crippen LogP contribution >= 0.6 is 0 Å². The molecule has 1 N–H and O–H groups in total. The molecule has 0 aromatic rings. The van der Waals surface area contributed by atoms with Crippen LogP contribution in [0.15, 0.2) is 0 Å². The van der Waals surface area contributed by atoms with Gasteiger partial charge in [0.1, 0.15) is 0 Å². The van der Waals surface area contributed by atoms with Crippen molar-refractivity contribution in [1.29, 1.82) is 0 Å². The molecule has 0 aliphatic carbocycles. The number of morpholine rings is 1. The molecule has 2 atom stereocenters. The molecule has 0 amide bonds. The largest absolute Gasteiger partial charge is 0.374 e. The first-order valence-electron chi connectivity index (χ1n) is 8.04. The van der Waals surface area contributed by atoms with Crippen LogP contribution in [0.4, 0.5) is 0 Å². The number of likely N-dealkylation sites (tertiary alicyclic amines) is 1. The van der Waals surface area contributed by atoms with E-state index < -0.39 is 0 Å². The van der Waals surface area contributed by atoms with Crippen LogP contribution in [0.3, 0.4) is 0 Å². The summed E-state index contributed by atoms with van der Waals surface area (Å²) in [5.74, 6) is 0. The van der Waals surface area contributed by atoms with Crippen LogP contribution in [-0.2, 0) is 4.74 Å². The van der Waals surface area contributed by atoms with Gasteiger partial charge in [-0.3, -0.25) is 0 Å². The fourth-order valence-corrected chi connectivity index (χ4v) is 3.19. The maximum Gasteiger partial charge on any atom is 0.0826 e. The van der Waals surface area contributed by atoms with Crippen molar-refractivity contribution in [2.75, 3.05) is 52.9 Å². The summed E-state index contributed by atoms with van der Waals surface area (Å²) in [6, 6.07) is 0.692. The van der Waals surface area contributed by atoms with Crippen molar-refractivity contribution in [2.24, 2.45) is 0 Å². The summed E-state index contributed by atoms with van der Waals surface area (Å²) >= 11 is 0. The molecule has 0 aromatic heterocycles. The van der Waals surface area contributed by atoms with Gasteiger partial charge in [-0.2, -0.15) is 0 Å². The molecule has 2 heterocycles. The highest BCUT2D eigenvalue weighted by molar-refractivity contribution is 4.78. The Labute approximate surface area is 118 Å². The topological polar surface area (TPSA) is 27.7 Å². The molecule has 2 unspecified atom stereocenters. The highest BCUT2D eigenvalue weighted by Crippen LogP contribution is 2.12. The van der Waals surface area contributed by atoms with Gasteiger partial charge in [0.2, 0.25) is 0 Å². The fourth-order valence-electron chi connectivity index (χ4n) is 3.19. The quantitative estimate of drug-likeness (QED) is 0.811. The SMILES string of the molecule is CCCN1CCCC(NCC2CN(C)CCO2)CC1. The molecule has 2 aliphatic rings. The monoisotopic (exact) mass is 269 g/mol. The summed E-state index contributed by atoms with van der Waals surface area (Å²) in [5, 5.41) is 3.74. The van der Waals surface area contributed by atoms with Crippen LogP contribution in [0.5, 0.6) is 0 Å². The Morgan fingerprint density at radius 1 is 1.21 bits per heavy atom. The van der Waals surface area contributed by atoms with E-state index in [0.717, 1.165) is 26.2 Å². The van der Waals surface area contributed by atoms with Crippen molar-refractivity contribution in [2.45, 2.75) is 44.8 Å². The first kappa shape index (κ1) is 15.2. The molecular weight excluding hydrogens is 238 g/mol. The summed E-state index contributed by atoms with van der Waals surface area (Å²) in [6.07, 6.45) is 5.61. The minimum atomic E-state index is 0.383. The van der Waals surface area contributed by atoms with Gasteiger partial charge < -0.3 is 19.9 Å². The standard InChI is InChI=1S/C15H31N3O/c1-3-7-18-8-4-5-14(6-9-18)16-12-15-13-17(2)10-11-19-15/h14-16H,3-13H2,1-2H3. The van der Waals surface area contributed by atoms with E-state index in [2.05, 4.69) is 29.1 Å². The summed E-state index contributed by atoms with van der Waals surface area (Å²) in [4.78, 5) is 4.98. The summed E-state index contributed by atoms with van der Waals surface area (Å²) in [6.45, 7) is 10.1. The molecule has 112 valence electrons. The van der Waals surface area contributed by atoms with E-state index in [0.29, 0.717) is 12.1 Å². The lowest BCUT2D eigenvalue weighted by Gasteiger charge is -2.31. The van der Waals surface area contributed by atoms with E-state index >= 15 is 0 Å². The average Bonchev–Trinajstić information content (AvgIpc) is 2.63. The van der Waals surface area contributed by atoms with Crippen LogP contribution < -0.4 is 5.32 Å². The predicted molar refractivity (Wildman–Crippen MR) is 79.6 cm³/mol. The van der Waals surface area contributed by atoms with E-state index in [4.69, 9.17) is 4.74 Å². The normalized spacial score (nSPS) is 31.3. The molecule has 0 saturated carbocycles. The van der Waals surface area contributed by atoms with Gasteiger partial charge in [-0.25, -0.2) is 0 Å². The summed E-state index contributed by atoms with van der Waals surface area (Å²) in [7, 11) is 2.18. The molecule has 4 nitrogen and oxygen atoms in total. The first-order valence-corrected chi connectivity index (χ1v) is 8.04. The molecule has 2 aliphatic heterocycles. The Bertz CT molecular complexity index is 250. The molecule has 0 bridgehead atoms. The number of nitrogens with zero attached hydrogens (tertiary/aromatic N) is 2. The second-order valence-corrected chi connectivity index (χ2v) is 6.13. The Morgan fingerprint density at radius 2 is 2.11 bits per heavy atom. The van der Waals surface area contributed by atoms with Gasteiger partial charge in [-0.05, 0) is 52.4 Å². The van der Waals surface area contributed by atoms with Crippen molar-refractivity contribution in [1.82, 2.24) is 15.1 Å². The Kier molecular flexibility index (Phi) is 6.57. The molecule has 2 fully saturated rings. The van der Waals surface area contributed by atoms with Crippen LogP contribution in [0.25, 0.3) is 0 Å². The zero-order valence-corrected chi connectivity index (χ0v) is 12.7. The first-order chi connectivity index (χ1) is 9.28. The second kappa shape index (κ2) is 8.20. The van der Waals surface area contributed by atoms with Gasteiger partial charge in [0, 0.05) is 25.7 Å². The van der Waals surface area contributed by atoms with Crippen LogP contribution in [0, 0.1) is 0 Å². The minimum absolute atomic E-state index is 0.383. The van der Waals surface area contributed by atoms with Crippen molar-refractivity contribution in [3.05, 3.63) is 0 Å². The molecule has 2 saturated heterocycles. The van der Waals surface area contributed by atoms with Gasteiger partial charge in [0.05, 0.1) is 12.7 Å². The number of ether oxygens (including phenoxy) is 1. The molecule has 2 rings (SSSR count). The van der Waals surface area contributed by atoms with Crippen molar-refractivity contribution in [3.63, 3.8) is 0 Å². The lowest BCUT2D eigenvalue weighted by molar-refractivity contribution is -0.0194. The number of hydrogen-bond acceptors (Lipinski definition) is 4. The summed E-state index contributed by atoms with van der Waals surface area (Å²) < 4.78 is 5.82. The number of nitrogens with one attached hydrogen (secondary N) is 1. The van der Waals surface area contributed by atoms with Crippen molar-refractivity contribution >= 4 is 0 Å². The molecular formula is C15H31N3O. The van der Waals surface area contributed by atoms with Crippen molar-refractivity contribution < 1.29 is 4.74 Å². The molecule has 0 aromatic carbocycles. The number of rotatable bonds is 5. The third kappa shape index (κ3) is 5.38. The fraction of sp³-hybridized carbons (Fsp3) is 1.00. The van der Waals surface area contributed by atoms with Gasteiger partial charge in [-0.15, -0.1) is 0 Å². The minimum Gasteiger partial charge on any atom is -0.374 e. The Balaban J connectivity index is 1.65. The van der Waals surface area contributed by atoms with E-state index in [9.17, 15) is 0 Å². The smallest absolute Gasteiger partial charge is 0.0826 e. The number of likely N-dealkylation sites (N-methyl/N-ethyl adjacent to an activating group) is 1. The van der Waals surface area contributed by atoms with Crippen molar-refractivity contribution in [3.8, 4) is 0 Å². The zero-order chi connectivity index (χ0) is 13.5. The average molecular weight is 269 g/mol. The lowest BCUT2D eigenvalue weighted by Crippen LogP contribution is -2.46. The highest BCUT2D eigenvalue weighted by atomic mass is 16.5. The van der Waals surface area contributed by atoms with E-state index in [1.54, 1.807) is 0 Å². The van der Waals surface area contributed by atoms with Gasteiger partial charge in [0.15, 0.2) is 0 Å². The van der Waals surface area contributed by atoms with Gasteiger partial charge in [-0.1, -0.05) is 6.92 Å².